The second kappa shape index (κ2) is 10.2. The van der Waals surface area contributed by atoms with E-state index in [-0.39, 0.29) is 18.3 Å². The van der Waals surface area contributed by atoms with Crippen molar-refractivity contribution in [2.45, 2.75) is 19.8 Å². The molecule has 1 saturated heterocycles. The standard InChI is InChI=1S/C16H24BrN3O.ClH/c1-2-18-11-13-7-9-20(10-8-13)12-16(21)19-15-6-4-3-5-14(15)17;/h3-6,13,18H,2,7-12H2,1H3,(H,19,21);1H. The quantitative estimate of drug-likeness (QED) is 0.784. The van der Waals surface area contributed by atoms with Gasteiger partial charge in [-0.25, -0.2) is 0 Å². The molecule has 0 bridgehead atoms. The van der Waals surface area contributed by atoms with Gasteiger partial charge < -0.3 is 10.6 Å². The van der Waals surface area contributed by atoms with E-state index in [2.05, 4.69) is 38.4 Å². The highest BCUT2D eigenvalue weighted by Gasteiger charge is 2.20. The molecule has 0 radical (unpaired) electrons. The van der Waals surface area contributed by atoms with E-state index >= 15 is 0 Å². The van der Waals surface area contributed by atoms with E-state index in [9.17, 15) is 4.79 Å². The topological polar surface area (TPSA) is 44.4 Å². The molecular weight excluding hydrogens is 366 g/mol. The molecule has 1 amide bonds. The van der Waals surface area contributed by atoms with Crippen LogP contribution in [-0.4, -0.2) is 43.5 Å². The number of halogens is 2. The molecular formula is C16H25BrClN3O. The number of rotatable bonds is 6. The Morgan fingerprint density at radius 1 is 1.32 bits per heavy atom. The molecule has 124 valence electrons. The molecule has 1 aliphatic heterocycles. The zero-order valence-corrected chi connectivity index (χ0v) is 15.4. The molecule has 0 saturated carbocycles. The van der Waals surface area contributed by atoms with Gasteiger partial charge in [0.25, 0.3) is 0 Å². The van der Waals surface area contributed by atoms with Crippen molar-refractivity contribution in [1.29, 1.82) is 0 Å². The van der Waals surface area contributed by atoms with Crippen molar-refractivity contribution in [1.82, 2.24) is 10.2 Å². The van der Waals surface area contributed by atoms with E-state index < -0.39 is 0 Å². The minimum Gasteiger partial charge on any atom is -0.324 e. The zero-order chi connectivity index (χ0) is 15.1. The van der Waals surface area contributed by atoms with Gasteiger partial charge in [0.05, 0.1) is 12.2 Å². The normalized spacial score (nSPS) is 16.1. The van der Waals surface area contributed by atoms with E-state index in [1.807, 2.05) is 24.3 Å². The average Bonchev–Trinajstić information content (AvgIpc) is 2.49. The van der Waals surface area contributed by atoms with Crippen LogP contribution in [0.25, 0.3) is 0 Å². The summed E-state index contributed by atoms with van der Waals surface area (Å²) in [6, 6.07) is 7.70. The number of likely N-dealkylation sites (tertiary alicyclic amines) is 1. The molecule has 6 heteroatoms. The Morgan fingerprint density at radius 2 is 2.00 bits per heavy atom. The van der Waals surface area contributed by atoms with Gasteiger partial charge in [-0.15, -0.1) is 12.4 Å². The molecule has 2 N–H and O–H groups in total. The summed E-state index contributed by atoms with van der Waals surface area (Å²) in [6.45, 7) is 6.79. The third kappa shape index (κ3) is 6.24. The highest BCUT2D eigenvalue weighted by Crippen LogP contribution is 2.21. The molecule has 0 aliphatic carbocycles. The van der Waals surface area contributed by atoms with Crippen molar-refractivity contribution in [2.24, 2.45) is 5.92 Å². The summed E-state index contributed by atoms with van der Waals surface area (Å²) in [6.07, 6.45) is 2.35. The second-order valence-corrected chi connectivity index (χ2v) is 6.41. The molecule has 0 spiro atoms. The summed E-state index contributed by atoms with van der Waals surface area (Å²) in [7, 11) is 0. The Labute approximate surface area is 147 Å². The summed E-state index contributed by atoms with van der Waals surface area (Å²) in [5.74, 6) is 0.819. The van der Waals surface area contributed by atoms with E-state index in [1.54, 1.807) is 0 Å². The maximum atomic E-state index is 12.1. The number of amides is 1. The van der Waals surface area contributed by atoms with Crippen molar-refractivity contribution in [3.8, 4) is 0 Å². The van der Waals surface area contributed by atoms with E-state index in [4.69, 9.17) is 0 Å². The van der Waals surface area contributed by atoms with Gasteiger partial charge in [-0.1, -0.05) is 19.1 Å². The fraction of sp³-hybridized carbons (Fsp3) is 0.562. The predicted octanol–water partition coefficient (Wildman–Crippen LogP) is 3.13. The third-order valence-electron chi connectivity index (χ3n) is 3.91. The summed E-state index contributed by atoms with van der Waals surface area (Å²) >= 11 is 3.45. The maximum absolute atomic E-state index is 12.1. The first-order valence-electron chi connectivity index (χ1n) is 7.66. The average molecular weight is 391 g/mol. The van der Waals surface area contributed by atoms with Gasteiger partial charge in [-0.05, 0) is 73.0 Å². The number of carbonyl (C=O) groups excluding carboxylic acids is 1. The lowest BCUT2D eigenvalue weighted by molar-refractivity contribution is -0.117. The molecule has 0 atom stereocenters. The molecule has 2 rings (SSSR count). The number of hydrogen-bond acceptors (Lipinski definition) is 3. The van der Waals surface area contributed by atoms with E-state index in [0.29, 0.717) is 6.54 Å². The highest BCUT2D eigenvalue weighted by molar-refractivity contribution is 9.10. The van der Waals surface area contributed by atoms with Gasteiger partial charge in [0.2, 0.25) is 5.91 Å². The van der Waals surface area contributed by atoms with Gasteiger partial charge in [-0.3, -0.25) is 9.69 Å². The number of anilines is 1. The van der Waals surface area contributed by atoms with Gasteiger partial charge in [0, 0.05) is 4.47 Å². The van der Waals surface area contributed by atoms with Gasteiger partial charge >= 0.3 is 0 Å². The van der Waals surface area contributed by atoms with Crippen LogP contribution >= 0.6 is 28.3 Å². The SMILES string of the molecule is CCNCC1CCN(CC(=O)Nc2ccccc2Br)CC1.Cl. The zero-order valence-electron chi connectivity index (χ0n) is 13.0. The van der Waals surface area contributed by atoms with Crippen LogP contribution < -0.4 is 10.6 Å². The molecule has 0 aromatic heterocycles. The molecule has 1 fully saturated rings. The van der Waals surface area contributed by atoms with Crippen molar-refractivity contribution in [2.75, 3.05) is 38.0 Å². The number of hydrogen-bond donors (Lipinski definition) is 2. The summed E-state index contributed by atoms with van der Waals surface area (Å²) < 4.78 is 0.919. The van der Waals surface area contributed by atoms with E-state index in [0.717, 1.165) is 42.3 Å². The Kier molecular flexibility index (Phi) is 9.02. The lowest BCUT2D eigenvalue weighted by Crippen LogP contribution is -2.41. The van der Waals surface area contributed by atoms with Crippen LogP contribution in [0.15, 0.2) is 28.7 Å². The first-order chi connectivity index (χ1) is 10.2. The van der Waals surface area contributed by atoms with Gasteiger partial charge in [0.1, 0.15) is 0 Å². The fourth-order valence-electron chi connectivity index (χ4n) is 2.65. The molecule has 1 aliphatic rings. The molecule has 1 aromatic carbocycles. The number of carbonyl (C=O) groups is 1. The summed E-state index contributed by atoms with van der Waals surface area (Å²) in [4.78, 5) is 14.3. The molecule has 1 heterocycles. The maximum Gasteiger partial charge on any atom is 0.238 e. The van der Waals surface area contributed by atoms with Crippen LogP contribution in [0.5, 0.6) is 0 Å². The van der Waals surface area contributed by atoms with Crippen LogP contribution in [-0.2, 0) is 4.79 Å². The number of nitrogens with one attached hydrogen (secondary N) is 2. The van der Waals surface area contributed by atoms with Crippen LogP contribution in [0.4, 0.5) is 5.69 Å². The van der Waals surface area contributed by atoms with Crippen molar-refractivity contribution in [3.63, 3.8) is 0 Å². The molecule has 1 aromatic rings. The van der Waals surface area contributed by atoms with E-state index in [1.165, 1.54) is 12.8 Å². The third-order valence-corrected chi connectivity index (χ3v) is 4.60. The number of para-hydroxylation sites is 1. The summed E-state index contributed by atoms with van der Waals surface area (Å²) in [5.41, 5.74) is 0.838. The van der Waals surface area contributed by atoms with Crippen molar-refractivity contribution in [3.05, 3.63) is 28.7 Å². The minimum absolute atomic E-state index is 0. The van der Waals surface area contributed by atoms with Crippen LogP contribution in [0.2, 0.25) is 0 Å². The Hall–Kier alpha value is -0.620. The second-order valence-electron chi connectivity index (χ2n) is 5.56. The van der Waals surface area contributed by atoms with Crippen molar-refractivity contribution >= 4 is 39.9 Å². The number of nitrogens with zero attached hydrogens (tertiary/aromatic N) is 1. The fourth-order valence-corrected chi connectivity index (χ4v) is 3.04. The number of benzene rings is 1. The first kappa shape index (κ1) is 19.4. The Bertz CT molecular complexity index is 464. The van der Waals surface area contributed by atoms with Crippen LogP contribution in [0, 0.1) is 5.92 Å². The largest absolute Gasteiger partial charge is 0.324 e. The molecule has 22 heavy (non-hydrogen) atoms. The lowest BCUT2D eigenvalue weighted by atomic mass is 9.97. The van der Waals surface area contributed by atoms with Crippen LogP contribution in [0.3, 0.4) is 0 Å². The monoisotopic (exact) mass is 389 g/mol. The van der Waals surface area contributed by atoms with Crippen molar-refractivity contribution < 1.29 is 4.79 Å². The smallest absolute Gasteiger partial charge is 0.238 e. The minimum atomic E-state index is 0. The molecule has 4 nitrogen and oxygen atoms in total. The molecule has 0 unspecified atom stereocenters. The highest BCUT2D eigenvalue weighted by atomic mass is 79.9. The lowest BCUT2D eigenvalue weighted by Gasteiger charge is -2.31. The Morgan fingerprint density at radius 3 is 2.64 bits per heavy atom. The summed E-state index contributed by atoms with van der Waals surface area (Å²) in [5, 5.41) is 6.37. The van der Waals surface area contributed by atoms with Gasteiger partial charge in [-0.2, -0.15) is 0 Å². The Balaban J connectivity index is 0.00000242. The van der Waals surface area contributed by atoms with Crippen LogP contribution in [0.1, 0.15) is 19.8 Å². The van der Waals surface area contributed by atoms with Gasteiger partial charge in [0.15, 0.2) is 0 Å². The first-order valence-corrected chi connectivity index (χ1v) is 8.45. The number of piperidine rings is 1. The predicted molar refractivity (Wildman–Crippen MR) is 97.7 cm³/mol.